The monoisotopic (exact) mass is 519 g/mol. The predicted molar refractivity (Wildman–Crippen MR) is 137 cm³/mol. The Labute approximate surface area is 217 Å². The highest BCUT2D eigenvalue weighted by Crippen LogP contribution is 2.49. The van der Waals surface area contributed by atoms with Gasteiger partial charge in [0.05, 0.1) is 17.7 Å². The number of rotatable bonds is 7. The molecule has 2 N–H and O–H groups in total. The molecule has 2 aliphatic heterocycles. The molecule has 3 amide bonds. The number of ether oxygens (including phenoxy) is 2. The molecule has 0 aliphatic carbocycles. The Balaban J connectivity index is 1.88. The van der Waals surface area contributed by atoms with Gasteiger partial charge in [-0.3, -0.25) is 9.59 Å². The van der Waals surface area contributed by atoms with E-state index in [2.05, 4.69) is 10.6 Å². The molecule has 9 nitrogen and oxygen atoms in total. The number of amides is 3. The highest BCUT2D eigenvalue weighted by Gasteiger charge is 2.53. The average Bonchev–Trinajstić information content (AvgIpc) is 3.19. The van der Waals surface area contributed by atoms with Crippen molar-refractivity contribution in [3.8, 4) is 0 Å². The van der Waals surface area contributed by atoms with Gasteiger partial charge in [-0.15, -0.1) is 11.8 Å². The zero-order chi connectivity index (χ0) is 26.6. The van der Waals surface area contributed by atoms with Crippen LogP contribution < -0.4 is 10.6 Å². The number of carbonyl (C=O) groups is 4. The summed E-state index contributed by atoms with van der Waals surface area (Å²) in [5.41, 5.74) is 0.216. The fourth-order valence-electron chi connectivity index (χ4n) is 4.57. The van der Waals surface area contributed by atoms with Crippen LogP contribution in [-0.2, 0) is 23.9 Å². The van der Waals surface area contributed by atoms with Crippen LogP contribution in [0.4, 0.5) is 4.79 Å². The highest BCUT2D eigenvalue weighted by atomic mass is 32.2. The lowest BCUT2D eigenvalue weighted by Crippen LogP contribution is -2.60. The molecule has 3 rings (SSSR count). The van der Waals surface area contributed by atoms with E-state index in [1.165, 1.54) is 7.11 Å². The third-order valence-electron chi connectivity index (χ3n) is 6.05. The Morgan fingerprint density at radius 1 is 1.14 bits per heavy atom. The van der Waals surface area contributed by atoms with Gasteiger partial charge in [0.25, 0.3) is 0 Å². The number of methoxy groups -OCH3 is 1. The van der Waals surface area contributed by atoms with Crippen molar-refractivity contribution in [3.63, 3.8) is 0 Å². The molecule has 3 unspecified atom stereocenters. The lowest BCUT2D eigenvalue weighted by atomic mass is 9.97. The first-order chi connectivity index (χ1) is 16.9. The number of hydrogen-bond acceptors (Lipinski definition) is 7. The van der Waals surface area contributed by atoms with Gasteiger partial charge in [0, 0.05) is 0 Å². The van der Waals surface area contributed by atoms with Crippen LogP contribution in [0.2, 0.25) is 0 Å². The Hall–Kier alpha value is -2.75. The summed E-state index contributed by atoms with van der Waals surface area (Å²) in [6.45, 7) is 9.17. The molecule has 1 aromatic rings. The second-order valence-corrected chi connectivity index (χ2v) is 11.9. The fourth-order valence-corrected chi connectivity index (χ4v) is 6.26. The number of alkyl carbamates (subject to hydrolysis) is 1. The molecule has 10 heteroatoms. The molecule has 0 spiro atoms. The zero-order valence-corrected chi connectivity index (χ0v) is 22.6. The van der Waals surface area contributed by atoms with Crippen molar-refractivity contribution >= 4 is 35.6 Å². The number of nitrogens with one attached hydrogen (secondary N) is 2. The largest absolute Gasteiger partial charge is 0.467 e. The SMILES string of the molecule is COC(=O)C(CC(C)C)NC(=O)[C@H]1[C@@H](c2ccccc2)SC2CCC(NC(=O)OC(C)(C)C)C(=O)N21. The molecule has 0 saturated carbocycles. The van der Waals surface area contributed by atoms with Gasteiger partial charge in [-0.1, -0.05) is 44.2 Å². The molecule has 2 heterocycles. The summed E-state index contributed by atoms with van der Waals surface area (Å²) in [6, 6.07) is 7.09. The van der Waals surface area contributed by atoms with Crippen molar-refractivity contribution in [1.29, 1.82) is 0 Å². The van der Waals surface area contributed by atoms with E-state index >= 15 is 0 Å². The van der Waals surface area contributed by atoms with Gasteiger partial charge in [0.1, 0.15) is 23.7 Å². The van der Waals surface area contributed by atoms with Crippen LogP contribution in [-0.4, -0.2) is 65.0 Å². The van der Waals surface area contributed by atoms with Crippen LogP contribution in [0.5, 0.6) is 0 Å². The van der Waals surface area contributed by atoms with Crippen molar-refractivity contribution in [2.24, 2.45) is 5.92 Å². The summed E-state index contributed by atoms with van der Waals surface area (Å²) >= 11 is 1.56. The van der Waals surface area contributed by atoms with E-state index in [9.17, 15) is 19.2 Å². The Bertz CT molecular complexity index is 964. The van der Waals surface area contributed by atoms with Gasteiger partial charge in [-0.2, -0.15) is 0 Å². The number of benzene rings is 1. The van der Waals surface area contributed by atoms with Gasteiger partial charge in [-0.25, -0.2) is 9.59 Å². The maximum atomic E-state index is 13.7. The van der Waals surface area contributed by atoms with E-state index in [1.807, 2.05) is 44.2 Å². The molecule has 2 aliphatic rings. The molecule has 5 atom stereocenters. The molecule has 2 fully saturated rings. The summed E-state index contributed by atoms with van der Waals surface area (Å²) in [5.74, 6) is -1.13. The highest BCUT2D eigenvalue weighted by molar-refractivity contribution is 8.00. The Morgan fingerprint density at radius 2 is 1.81 bits per heavy atom. The van der Waals surface area contributed by atoms with Crippen molar-refractivity contribution < 1.29 is 28.7 Å². The van der Waals surface area contributed by atoms with Gasteiger partial charge in [-0.05, 0) is 51.5 Å². The molecule has 0 aromatic heterocycles. The molecular weight excluding hydrogens is 482 g/mol. The van der Waals surface area contributed by atoms with E-state index in [0.717, 1.165) is 5.56 Å². The number of esters is 1. The van der Waals surface area contributed by atoms with E-state index in [-0.39, 0.29) is 22.4 Å². The minimum Gasteiger partial charge on any atom is -0.467 e. The maximum absolute atomic E-state index is 13.7. The second-order valence-electron chi connectivity index (χ2n) is 10.6. The van der Waals surface area contributed by atoms with E-state index < -0.39 is 41.7 Å². The standard InChI is InChI=1S/C26H37N3O6S/c1-15(2)14-18(24(32)34-6)27-22(30)20-21(16-10-8-7-9-11-16)36-19-13-12-17(23(31)29(19)20)28-25(33)35-26(3,4)5/h7-11,15,17-21H,12-14H2,1-6H3,(H,27,30)(H,28,33)/t17?,18?,19?,20-,21-/m1/s1. The molecule has 0 bridgehead atoms. The van der Waals surface area contributed by atoms with Crippen LogP contribution in [0.25, 0.3) is 0 Å². The van der Waals surface area contributed by atoms with Crippen molar-refractivity contribution in [3.05, 3.63) is 35.9 Å². The molecule has 2 saturated heterocycles. The third kappa shape index (κ3) is 6.72. The molecule has 36 heavy (non-hydrogen) atoms. The van der Waals surface area contributed by atoms with Crippen LogP contribution in [0, 0.1) is 5.92 Å². The summed E-state index contributed by atoms with van der Waals surface area (Å²) < 4.78 is 10.3. The predicted octanol–water partition coefficient (Wildman–Crippen LogP) is 3.39. The Morgan fingerprint density at radius 3 is 2.39 bits per heavy atom. The smallest absolute Gasteiger partial charge is 0.408 e. The van der Waals surface area contributed by atoms with Crippen molar-refractivity contribution in [2.45, 2.75) is 88.2 Å². The lowest BCUT2D eigenvalue weighted by molar-refractivity contribution is -0.148. The van der Waals surface area contributed by atoms with E-state index in [0.29, 0.717) is 19.3 Å². The first-order valence-electron chi connectivity index (χ1n) is 12.3. The van der Waals surface area contributed by atoms with Crippen molar-refractivity contribution in [2.75, 3.05) is 7.11 Å². The molecular formula is C26H37N3O6S. The van der Waals surface area contributed by atoms with Gasteiger partial charge >= 0.3 is 12.1 Å². The van der Waals surface area contributed by atoms with E-state index in [1.54, 1.807) is 37.4 Å². The van der Waals surface area contributed by atoms with Crippen LogP contribution in [0.1, 0.15) is 64.7 Å². The second kappa shape index (κ2) is 11.5. The van der Waals surface area contributed by atoms with Crippen LogP contribution in [0.3, 0.4) is 0 Å². The number of nitrogens with zero attached hydrogens (tertiary/aromatic N) is 1. The summed E-state index contributed by atoms with van der Waals surface area (Å²) in [5, 5.41) is 4.98. The number of piperidine rings is 1. The molecule has 0 radical (unpaired) electrons. The molecule has 198 valence electrons. The first-order valence-corrected chi connectivity index (χ1v) is 13.3. The van der Waals surface area contributed by atoms with Gasteiger partial charge in [0.2, 0.25) is 11.8 Å². The lowest BCUT2D eigenvalue weighted by Gasteiger charge is -2.37. The maximum Gasteiger partial charge on any atom is 0.408 e. The minimum absolute atomic E-state index is 0.143. The third-order valence-corrected chi connectivity index (χ3v) is 7.65. The first kappa shape index (κ1) is 27.8. The topological polar surface area (TPSA) is 114 Å². The molecule has 1 aromatic carbocycles. The minimum atomic E-state index is -0.850. The van der Waals surface area contributed by atoms with E-state index in [4.69, 9.17) is 9.47 Å². The fraction of sp³-hybridized carbons (Fsp3) is 0.615. The van der Waals surface area contributed by atoms with Crippen LogP contribution in [0.15, 0.2) is 30.3 Å². The number of carbonyl (C=O) groups excluding carboxylic acids is 4. The number of hydrogen-bond donors (Lipinski definition) is 2. The summed E-state index contributed by atoms with van der Waals surface area (Å²) in [4.78, 5) is 53.7. The number of fused-ring (bicyclic) bond motifs is 1. The summed E-state index contributed by atoms with van der Waals surface area (Å²) in [6.07, 6.45) is 0.792. The quantitative estimate of drug-likeness (QED) is 0.531. The average molecular weight is 520 g/mol. The zero-order valence-electron chi connectivity index (χ0n) is 21.8. The van der Waals surface area contributed by atoms with Gasteiger partial charge in [0.15, 0.2) is 0 Å². The summed E-state index contributed by atoms with van der Waals surface area (Å²) in [7, 11) is 1.29. The number of thioether (sulfide) groups is 1. The Kier molecular flexibility index (Phi) is 8.92. The van der Waals surface area contributed by atoms with Crippen molar-refractivity contribution in [1.82, 2.24) is 15.5 Å². The van der Waals surface area contributed by atoms with Gasteiger partial charge < -0.3 is 25.0 Å². The van der Waals surface area contributed by atoms with Crippen LogP contribution >= 0.6 is 11.8 Å². The normalized spacial score (nSPS) is 24.6.